The minimum atomic E-state index is -0.423. The molecule has 31 heavy (non-hydrogen) atoms. The summed E-state index contributed by atoms with van der Waals surface area (Å²) in [7, 11) is 1.68. The first kappa shape index (κ1) is 22.0. The summed E-state index contributed by atoms with van der Waals surface area (Å²) in [6.45, 7) is 12.1. The number of carbonyl (C=O) groups is 1. The Hall–Kier alpha value is -2.24. The van der Waals surface area contributed by atoms with Crippen molar-refractivity contribution in [2.75, 3.05) is 26.8 Å². The molecule has 3 aliphatic heterocycles. The summed E-state index contributed by atoms with van der Waals surface area (Å²) in [5.41, 5.74) is 1.57. The van der Waals surface area contributed by atoms with Crippen LogP contribution in [0.5, 0.6) is 5.75 Å². The Labute approximate surface area is 185 Å². The zero-order chi connectivity index (χ0) is 22.2. The van der Waals surface area contributed by atoms with E-state index in [1.54, 1.807) is 7.11 Å². The lowest BCUT2D eigenvalue weighted by Gasteiger charge is -2.51. The van der Waals surface area contributed by atoms with E-state index in [2.05, 4.69) is 22.5 Å². The maximum atomic E-state index is 12.7. The predicted molar refractivity (Wildman–Crippen MR) is 123 cm³/mol. The molecule has 5 atom stereocenters. The molecule has 0 amide bonds. The third kappa shape index (κ3) is 4.39. The molecular weight excluding hydrogens is 388 g/mol. The summed E-state index contributed by atoms with van der Waals surface area (Å²) in [5.74, 6) is 2.08. The molecule has 5 rings (SSSR count). The van der Waals surface area contributed by atoms with E-state index in [4.69, 9.17) is 9.47 Å². The van der Waals surface area contributed by atoms with Gasteiger partial charge in [-0.05, 0) is 61.1 Å². The second-order valence-corrected chi connectivity index (χ2v) is 9.93. The number of hydrogen-bond donors (Lipinski definition) is 0. The Morgan fingerprint density at radius 1 is 1.35 bits per heavy atom. The fourth-order valence-electron chi connectivity index (χ4n) is 5.00. The van der Waals surface area contributed by atoms with E-state index in [1.165, 1.54) is 6.42 Å². The molecule has 4 unspecified atom stereocenters. The van der Waals surface area contributed by atoms with Gasteiger partial charge in [0.25, 0.3) is 0 Å². The van der Waals surface area contributed by atoms with Gasteiger partial charge in [-0.15, -0.1) is 6.58 Å². The zero-order valence-corrected chi connectivity index (χ0v) is 19.1. The van der Waals surface area contributed by atoms with Crippen molar-refractivity contribution >= 4 is 16.7 Å². The Morgan fingerprint density at radius 3 is 2.81 bits per heavy atom. The Bertz CT molecular complexity index is 965. The lowest BCUT2D eigenvalue weighted by molar-refractivity contribution is -0.137. The first-order valence-electron chi connectivity index (χ1n) is 11.3. The lowest BCUT2D eigenvalue weighted by Crippen LogP contribution is -2.55. The third-order valence-corrected chi connectivity index (χ3v) is 7.02. The highest BCUT2D eigenvalue weighted by Crippen LogP contribution is 2.43. The van der Waals surface area contributed by atoms with E-state index in [-0.39, 0.29) is 24.5 Å². The van der Waals surface area contributed by atoms with Crippen molar-refractivity contribution in [2.45, 2.75) is 45.8 Å². The highest BCUT2D eigenvalue weighted by Gasteiger charge is 2.43. The van der Waals surface area contributed by atoms with E-state index in [0.29, 0.717) is 11.8 Å². The molecule has 3 aliphatic rings. The second-order valence-electron chi connectivity index (χ2n) is 9.93. The molecule has 1 aromatic heterocycles. The van der Waals surface area contributed by atoms with Gasteiger partial charge in [-0.2, -0.15) is 0 Å². The monoisotopic (exact) mass is 422 g/mol. The summed E-state index contributed by atoms with van der Waals surface area (Å²) < 4.78 is 12.0. The summed E-state index contributed by atoms with van der Waals surface area (Å²) in [4.78, 5) is 19.8. The van der Waals surface area contributed by atoms with Crippen LogP contribution in [0.1, 0.15) is 45.3 Å². The van der Waals surface area contributed by atoms with Crippen molar-refractivity contribution in [2.24, 2.45) is 17.3 Å². The number of nitrogens with zero attached hydrogens (tertiary/aromatic N) is 2. The fraction of sp³-hybridized carbons (Fsp3) is 0.538. The highest BCUT2D eigenvalue weighted by atomic mass is 16.5. The van der Waals surface area contributed by atoms with Crippen LogP contribution < -0.4 is 4.74 Å². The summed E-state index contributed by atoms with van der Waals surface area (Å²) >= 11 is 0. The van der Waals surface area contributed by atoms with Gasteiger partial charge >= 0.3 is 0 Å². The Balaban J connectivity index is 1.72. The molecule has 0 spiro atoms. The highest BCUT2D eigenvalue weighted by molar-refractivity contribution is 5.85. The van der Waals surface area contributed by atoms with Gasteiger partial charge in [0, 0.05) is 29.6 Å². The van der Waals surface area contributed by atoms with Crippen molar-refractivity contribution in [3.63, 3.8) is 0 Å². The summed E-state index contributed by atoms with van der Waals surface area (Å²) in [6.07, 6.45) is 6.01. The molecule has 5 heteroatoms. The first-order chi connectivity index (χ1) is 14.8. The molecular formula is C26H34N2O3. The quantitative estimate of drug-likeness (QED) is 0.599. The number of carbonyl (C=O) groups excluding carboxylic acids is 1. The number of fused-ring (bicyclic) bond motifs is 4. The van der Waals surface area contributed by atoms with E-state index in [9.17, 15) is 4.79 Å². The fourth-order valence-corrected chi connectivity index (χ4v) is 5.00. The standard InChI is InChI=1S/C26H34N2O3/c1-6-17-15-28-12-10-18(17)13-23(28)25(31-16-24(29)26(2,3)4)20-9-11-27-22-8-7-19(30-5)14-21(20)22/h6-9,11,14,17-18,23,25H,1,10,12-13,15-16H2,2-5H3/t17?,18?,23?,25-/m0/s1. The van der Waals surface area contributed by atoms with Gasteiger partial charge in [-0.3, -0.25) is 14.7 Å². The number of piperidine rings is 3. The molecule has 2 aromatic rings. The smallest absolute Gasteiger partial charge is 0.163 e. The van der Waals surface area contributed by atoms with Gasteiger partial charge in [0.05, 0.1) is 18.7 Å². The van der Waals surface area contributed by atoms with Crippen LogP contribution in [0, 0.1) is 17.3 Å². The van der Waals surface area contributed by atoms with Gasteiger partial charge in [-0.1, -0.05) is 26.8 Å². The number of ether oxygens (including phenoxy) is 2. The molecule has 0 aliphatic carbocycles. The van der Waals surface area contributed by atoms with Crippen LogP contribution in [0.25, 0.3) is 10.9 Å². The molecule has 4 heterocycles. The lowest BCUT2D eigenvalue weighted by atomic mass is 9.73. The number of hydrogen-bond acceptors (Lipinski definition) is 5. The number of pyridine rings is 1. The van der Waals surface area contributed by atoms with Crippen LogP contribution in [-0.4, -0.2) is 48.5 Å². The molecule has 0 radical (unpaired) electrons. The van der Waals surface area contributed by atoms with Crippen molar-refractivity contribution in [3.8, 4) is 5.75 Å². The van der Waals surface area contributed by atoms with Crippen molar-refractivity contribution < 1.29 is 14.3 Å². The van der Waals surface area contributed by atoms with E-state index >= 15 is 0 Å². The number of ketones is 1. The molecule has 0 saturated carbocycles. The maximum Gasteiger partial charge on any atom is 0.163 e. The van der Waals surface area contributed by atoms with E-state index in [0.717, 1.165) is 41.7 Å². The molecule has 3 fully saturated rings. The second kappa shape index (κ2) is 8.71. The minimum absolute atomic E-state index is 0.113. The van der Waals surface area contributed by atoms with Crippen molar-refractivity contribution in [3.05, 3.63) is 48.7 Å². The SMILES string of the molecule is C=CC1CN2CCC1CC2[C@@H](OCC(=O)C(C)(C)C)c1ccnc2ccc(OC)cc12. The number of methoxy groups -OCH3 is 1. The largest absolute Gasteiger partial charge is 0.497 e. The van der Waals surface area contributed by atoms with Crippen LogP contribution in [0.2, 0.25) is 0 Å². The minimum Gasteiger partial charge on any atom is -0.497 e. The van der Waals surface area contributed by atoms with Crippen LogP contribution in [0.4, 0.5) is 0 Å². The number of Topliss-reactive ketones (excluding diaryl/α,β-unsaturated/α-hetero) is 1. The van der Waals surface area contributed by atoms with Crippen LogP contribution in [0.15, 0.2) is 43.1 Å². The van der Waals surface area contributed by atoms with Gasteiger partial charge in [0.1, 0.15) is 12.4 Å². The van der Waals surface area contributed by atoms with Crippen LogP contribution >= 0.6 is 0 Å². The molecule has 3 saturated heterocycles. The topological polar surface area (TPSA) is 51.7 Å². The molecule has 1 aromatic carbocycles. The predicted octanol–water partition coefficient (Wildman–Crippen LogP) is 4.81. The van der Waals surface area contributed by atoms with E-state index in [1.807, 2.05) is 51.2 Å². The van der Waals surface area contributed by atoms with Crippen molar-refractivity contribution in [1.82, 2.24) is 9.88 Å². The third-order valence-electron chi connectivity index (χ3n) is 7.02. The van der Waals surface area contributed by atoms with Gasteiger partial charge in [0.2, 0.25) is 0 Å². The Kier molecular flexibility index (Phi) is 6.18. The first-order valence-corrected chi connectivity index (χ1v) is 11.3. The molecule has 2 bridgehead atoms. The van der Waals surface area contributed by atoms with Crippen LogP contribution in [-0.2, 0) is 9.53 Å². The summed E-state index contributed by atoms with van der Waals surface area (Å²) in [6, 6.07) is 8.22. The average molecular weight is 423 g/mol. The molecule has 5 nitrogen and oxygen atoms in total. The Morgan fingerprint density at radius 2 is 2.16 bits per heavy atom. The summed E-state index contributed by atoms with van der Waals surface area (Å²) in [5, 5.41) is 1.03. The average Bonchev–Trinajstić information content (AvgIpc) is 2.78. The van der Waals surface area contributed by atoms with Crippen molar-refractivity contribution in [1.29, 1.82) is 0 Å². The van der Waals surface area contributed by atoms with Gasteiger partial charge in [0.15, 0.2) is 5.78 Å². The normalized spacial score (nSPS) is 26.6. The number of aromatic nitrogens is 1. The van der Waals surface area contributed by atoms with Gasteiger partial charge < -0.3 is 9.47 Å². The number of rotatable bonds is 7. The van der Waals surface area contributed by atoms with E-state index < -0.39 is 5.41 Å². The van der Waals surface area contributed by atoms with Gasteiger partial charge in [-0.25, -0.2) is 0 Å². The number of benzene rings is 1. The molecule has 0 N–H and O–H groups in total. The zero-order valence-electron chi connectivity index (χ0n) is 19.1. The molecule has 166 valence electrons. The maximum absolute atomic E-state index is 12.7. The van der Waals surface area contributed by atoms with Crippen LogP contribution in [0.3, 0.4) is 0 Å².